The third kappa shape index (κ3) is 3.47. The largest absolute Gasteiger partial charge is 0.507 e. The smallest absolute Gasteiger partial charge is 0.257 e. The Morgan fingerprint density at radius 1 is 1.07 bits per heavy atom. The molecule has 1 spiro atoms. The molecule has 1 aromatic carbocycles. The molecule has 0 radical (unpaired) electrons. The summed E-state index contributed by atoms with van der Waals surface area (Å²) >= 11 is 0. The molecule has 0 saturated carbocycles. The number of morpholine rings is 1. The number of aromatic hydroxyl groups is 1. The number of carbonyl (C=O) groups excluding carboxylic acids is 2. The molecule has 4 rings (SSSR count). The van der Waals surface area contributed by atoms with Crippen molar-refractivity contribution >= 4 is 11.8 Å². The molecule has 2 aromatic rings. The summed E-state index contributed by atoms with van der Waals surface area (Å²) in [5.41, 5.74) is -0.0400. The molecule has 28 heavy (non-hydrogen) atoms. The van der Waals surface area contributed by atoms with Crippen LogP contribution < -0.4 is 0 Å². The predicted octanol–water partition coefficient (Wildman–Crippen LogP) is 2.27. The number of piperidine rings is 1. The summed E-state index contributed by atoms with van der Waals surface area (Å²) in [5, 5.41) is 9.87. The van der Waals surface area contributed by atoms with E-state index in [0.29, 0.717) is 51.2 Å². The zero-order valence-corrected chi connectivity index (χ0v) is 15.3. The molecule has 2 fully saturated rings. The summed E-state index contributed by atoms with van der Waals surface area (Å²) in [5.74, 6) is -1.32. The van der Waals surface area contributed by atoms with Crippen LogP contribution in [-0.4, -0.2) is 65.1 Å². The van der Waals surface area contributed by atoms with E-state index in [1.54, 1.807) is 15.9 Å². The van der Waals surface area contributed by atoms with Crippen molar-refractivity contribution in [3.8, 4) is 5.75 Å². The highest BCUT2D eigenvalue weighted by molar-refractivity contribution is 5.97. The Hall–Kier alpha value is -2.87. The number of nitrogens with zero attached hydrogens (tertiary/aromatic N) is 2. The van der Waals surface area contributed by atoms with Crippen LogP contribution in [0, 0.1) is 5.82 Å². The number of hydrogen-bond donors (Lipinski definition) is 1. The molecule has 2 aliphatic heterocycles. The average molecular weight is 388 g/mol. The number of halogens is 1. The summed E-state index contributed by atoms with van der Waals surface area (Å²) in [6.45, 7) is 2.20. The predicted molar refractivity (Wildman–Crippen MR) is 96.5 cm³/mol. The Labute approximate surface area is 161 Å². The number of hydrogen-bond acceptors (Lipinski definition) is 5. The Morgan fingerprint density at radius 2 is 1.86 bits per heavy atom. The third-order valence-corrected chi connectivity index (χ3v) is 5.45. The summed E-state index contributed by atoms with van der Waals surface area (Å²) in [4.78, 5) is 28.6. The fourth-order valence-corrected chi connectivity index (χ4v) is 3.86. The Morgan fingerprint density at radius 3 is 2.57 bits per heavy atom. The minimum absolute atomic E-state index is 0.0442. The van der Waals surface area contributed by atoms with Crippen molar-refractivity contribution in [2.45, 2.75) is 18.4 Å². The number of likely N-dealkylation sites (tertiary alicyclic amines) is 1. The number of carbonyl (C=O) groups is 2. The van der Waals surface area contributed by atoms with Crippen molar-refractivity contribution in [2.75, 3.05) is 32.8 Å². The van der Waals surface area contributed by atoms with Gasteiger partial charge in [-0.15, -0.1) is 0 Å². The van der Waals surface area contributed by atoms with Gasteiger partial charge in [-0.1, -0.05) is 0 Å². The van der Waals surface area contributed by atoms with E-state index in [9.17, 15) is 19.1 Å². The molecule has 2 saturated heterocycles. The number of furan rings is 1. The number of rotatable bonds is 2. The van der Waals surface area contributed by atoms with E-state index in [1.807, 2.05) is 0 Å². The Kier molecular flexibility index (Phi) is 4.80. The van der Waals surface area contributed by atoms with Crippen LogP contribution in [0.2, 0.25) is 0 Å². The van der Waals surface area contributed by atoms with Crippen LogP contribution in [0.3, 0.4) is 0 Å². The van der Waals surface area contributed by atoms with E-state index in [1.165, 1.54) is 18.6 Å². The molecular formula is C20H21FN2O5. The number of amides is 2. The monoisotopic (exact) mass is 388 g/mol. The third-order valence-electron chi connectivity index (χ3n) is 5.45. The molecule has 0 unspecified atom stereocenters. The second kappa shape index (κ2) is 7.27. The maximum atomic E-state index is 13.4. The molecule has 3 heterocycles. The van der Waals surface area contributed by atoms with Crippen molar-refractivity contribution in [3.63, 3.8) is 0 Å². The van der Waals surface area contributed by atoms with Crippen LogP contribution in [0.25, 0.3) is 0 Å². The van der Waals surface area contributed by atoms with E-state index < -0.39 is 17.3 Å². The molecule has 2 aliphatic rings. The van der Waals surface area contributed by atoms with Gasteiger partial charge in [-0.2, -0.15) is 0 Å². The van der Waals surface area contributed by atoms with Gasteiger partial charge < -0.3 is 24.1 Å². The van der Waals surface area contributed by atoms with Gasteiger partial charge in [0.05, 0.1) is 36.1 Å². The average Bonchev–Trinajstić information content (AvgIpc) is 3.24. The lowest BCUT2D eigenvalue weighted by atomic mass is 9.88. The summed E-state index contributed by atoms with van der Waals surface area (Å²) in [6, 6.07) is 4.97. The first kappa shape index (κ1) is 18.5. The molecule has 0 bridgehead atoms. The number of benzene rings is 1. The lowest BCUT2D eigenvalue weighted by Crippen LogP contribution is -2.58. The van der Waals surface area contributed by atoms with Gasteiger partial charge in [-0.25, -0.2) is 4.39 Å². The SMILES string of the molecule is O=C(c1ccoc1)N1CCOC2(CCN(C(=O)c3cc(F)ccc3O)CC2)C1. The van der Waals surface area contributed by atoms with Gasteiger partial charge >= 0.3 is 0 Å². The highest BCUT2D eigenvalue weighted by atomic mass is 19.1. The molecule has 7 nitrogen and oxygen atoms in total. The lowest BCUT2D eigenvalue weighted by Gasteiger charge is -2.47. The van der Waals surface area contributed by atoms with Gasteiger partial charge in [0.15, 0.2) is 0 Å². The molecular weight excluding hydrogens is 367 g/mol. The van der Waals surface area contributed by atoms with Crippen LogP contribution in [0.1, 0.15) is 33.6 Å². The maximum absolute atomic E-state index is 13.4. The fraction of sp³-hybridized carbons (Fsp3) is 0.400. The number of ether oxygens (including phenoxy) is 1. The van der Waals surface area contributed by atoms with Crippen molar-refractivity contribution in [1.82, 2.24) is 9.80 Å². The molecule has 1 N–H and O–H groups in total. The second-order valence-corrected chi connectivity index (χ2v) is 7.22. The summed E-state index contributed by atoms with van der Waals surface area (Å²) in [7, 11) is 0. The molecule has 2 amide bonds. The van der Waals surface area contributed by atoms with Gasteiger partial charge in [-0.3, -0.25) is 9.59 Å². The van der Waals surface area contributed by atoms with Crippen molar-refractivity contribution in [2.24, 2.45) is 0 Å². The van der Waals surface area contributed by atoms with E-state index in [0.717, 1.165) is 12.1 Å². The number of phenolic OH excluding ortho intramolecular Hbond substituents is 1. The summed E-state index contributed by atoms with van der Waals surface area (Å²) in [6.07, 6.45) is 4.01. The van der Waals surface area contributed by atoms with Gasteiger partial charge in [-0.05, 0) is 37.1 Å². The first-order chi connectivity index (χ1) is 13.5. The van der Waals surface area contributed by atoms with Gasteiger partial charge in [0.1, 0.15) is 17.8 Å². The number of phenols is 1. The minimum atomic E-state index is -0.571. The van der Waals surface area contributed by atoms with Crippen molar-refractivity contribution < 1.29 is 28.2 Å². The first-order valence-electron chi connectivity index (χ1n) is 9.21. The summed E-state index contributed by atoms with van der Waals surface area (Å²) < 4.78 is 24.5. The molecule has 148 valence electrons. The Balaban J connectivity index is 1.42. The highest BCUT2D eigenvalue weighted by Crippen LogP contribution is 2.32. The van der Waals surface area contributed by atoms with Gasteiger partial charge in [0.2, 0.25) is 0 Å². The van der Waals surface area contributed by atoms with Crippen molar-refractivity contribution in [1.29, 1.82) is 0 Å². The van der Waals surface area contributed by atoms with E-state index >= 15 is 0 Å². The first-order valence-corrected chi connectivity index (χ1v) is 9.21. The van der Waals surface area contributed by atoms with Crippen molar-refractivity contribution in [3.05, 3.63) is 53.7 Å². The fourth-order valence-electron chi connectivity index (χ4n) is 3.86. The van der Waals surface area contributed by atoms with Gasteiger partial charge in [0.25, 0.3) is 11.8 Å². The minimum Gasteiger partial charge on any atom is -0.507 e. The zero-order chi connectivity index (χ0) is 19.7. The zero-order valence-electron chi connectivity index (χ0n) is 15.3. The second-order valence-electron chi connectivity index (χ2n) is 7.22. The molecule has 0 atom stereocenters. The molecule has 0 aliphatic carbocycles. The van der Waals surface area contributed by atoms with Crippen LogP contribution in [-0.2, 0) is 4.74 Å². The van der Waals surface area contributed by atoms with E-state index in [-0.39, 0.29) is 17.2 Å². The van der Waals surface area contributed by atoms with Crippen LogP contribution >= 0.6 is 0 Å². The Bertz CT molecular complexity index is 875. The normalized spacial score (nSPS) is 19.0. The maximum Gasteiger partial charge on any atom is 0.257 e. The standard InChI is InChI=1S/C20H21FN2O5/c21-15-1-2-17(24)16(11-15)19(26)22-6-4-20(5-7-22)13-23(8-10-28-20)18(25)14-3-9-27-12-14/h1-3,9,11-12,24H,4-8,10,13H2. The van der Waals surface area contributed by atoms with E-state index in [4.69, 9.17) is 9.15 Å². The molecule has 1 aromatic heterocycles. The van der Waals surface area contributed by atoms with Crippen LogP contribution in [0.4, 0.5) is 4.39 Å². The lowest BCUT2D eigenvalue weighted by molar-refractivity contribution is -0.123. The topological polar surface area (TPSA) is 83.2 Å². The van der Waals surface area contributed by atoms with Crippen LogP contribution in [0.5, 0.6) is 5.75 Å². The van der Waals surface area contributed by atoms with Crippen LogP contribution in [0.15, 0.2) is 41.2 Å². The van der Waals surface area contributed by atoms with E-state index in [2.05, 4.69) is 0 Å². The molecule has 8 heteroatoms. The van der Waals surface area contributed by atoms with Gasteiger partial charge in [0, 0.05) is 19.6 Å². The quantitative estimate of drug-likeness (QED) is 0.853. The highest BCUT2D eigenvalue weighted by Gasteiger charge is 2.42.